The third-order valence-corrected chi connectivity index (χ3v) is 12.2. The average molecular weight is 399 g/mol. The van der Waals surface area contributed by atoms with Gasteiger partial charge in [0.25, 0.3) is 0 Å². The first-order valence-corrected chi connectivity index (χ1v) is 11.2. The second kappa shape index (κ2) is 9.95. The zero-order chi connectivity index (χ0) is 8.81. The molecule has 0 fully saturated rings. The predicted octanol–water partition coefficient (Wildman–Crippen LogP) is 4.50. The van der Waals surface area contributed by atoms with Gasteiger partial charge in [-0.1, -0.05) is 0 Å². The Kier molecular flexibility index (Phi) is 12.0. The minimum absolute atomic E-state index is 0. The van der Waals surface area contributed by atoms with Crippen LogP contribution in [0.3, 0.4) is 0 Å². The molecule has 0 aromatic rings. The van der Waals surface area contributed by atoms with Gasteiger partial charge in [0.15, 0.2) is 0 Å². The molecule has 0 aromatic carbocycles. The fourth-order valence-electron chi connectivity index (χ4n) is 1.40. The summed E-state index contributed by atoms with van der Waals surface area (Å²) in [6.07, 6.45) is 12.1. The zero-order valence-electron chi connectivity index (χ0n) is 8.24. The van der Waals surface area contributed by atoms with Crippen molar-refractivity contribution in [1.29, 1.82) is 0 Å². The molecule has 0 saturated carbocycles. The van der Waals surface area contributed by atoms with Gasteiger partial charge < -0.3 is 0 Å². The Morgan fingerprint density at radius 2 is 1.79 bits per heavy atom. The van der Waals surface area contributed by atoms with E-state index in [1.54, 1.807) is 3.33 Å². The fraction of sp³-hybridized carbons (Fsp3) is 0.273. The molecule has 0 unspecified atom stereocenters. The van der Waals surface area contributed by atoms with Crippen molar-refractivity contribution >= 4 is 24.8 Å². The second-order valence-electron chi connectivity index (χ2n) is 2.91. The molecule has 0 N–H and O–H groups in total. The molecule has 0 heterocycles. The largest absolute Gasteiger partial charge is 0.147 e. The molecule has 0 spiro atoms. The summed E-state index contributed by atoms with van der Waals surface area (Å²) >= 11 is -1.45. The number of hydrogen-bond acceptors (Lipinski definition) is 0. The molecule has 1 aliphatic carbocycles. The summed E-state index contributed by atoms with van der Waals surface area (Å²) in [4.78, 5) is 0. The Bertz CT molecular complexity index is 221. The molecule has 0 aromatic heterocycles. The monoisotopic (exact) mass is 399 g/mol. The summed E-state index contributed by atoms with van der Waals surface area (Å²) in [5.41, 5.74) is 0. The third-order valence-electron chi connectivity index (χ3n) is 2.01. The average Bonchev–Trinajstić information content (AvgIpc) is 2.56. The fourth-order valence-corrected chi connectivity index (χ4v) is 9.04. The van der Waals surface area contributed by atoms with Gasteiger partial charge in [-0.3, -0.25) is 0 Å². The maximum absolute atomic E-state index is 3.83. The van der Waals surface area contributed by atoms with E-state index in [0.717, 1.165) is 0 Å². The van der Waals surface area contributed by atoms with Crippen molar-refractivity contribution in [2.45, 2.75) is 14.8 Å². The molecule has 0 radical (unpaired) electrons. The van der Waals surface area contributed by atoms with Crippen LogP contribution in [0.25, 0.3) is 0 Å². The van der Waals surface area contributed by atoms with Gasteiger partial charge in [-0.2, -0.15) is 0 Å². The number of allylic oxidation sites excluding steroid dienone is 6. The molecular formula is C11H17Cl2Hf. The first kappa shape index (κ1) is 16.8. The predicted molar refractivity (Wildman–Crippen MR) is 66.3 cm³/mol. The first-order chi connectivity index (χ1) is 5.88. The van der Waals surface area contributed by atoms with Crippen LogP contribution in [-0.2, 0) is 21.4 Å². The van der Waals surface area contributed by atoms with E-state index in [1.807, 2.05) is 0 Å². The molecule has 0 aliphatic heterocycles. The van der Waals surface area contributed by atoms with Crippen LogP contribution < -0.4 is 0 Å². The van der Waals surface area contributed by atoms with Gasteiger partial charge in [-0.25, -0.2) is 0 Å². The van der Waals surface area contributed by atoms with Crippen LogP contribution in [0.15, 0.2) is 46.9 Å². The van der Waals surface area contributed by atoms with Crippen LogP contribution in [0.5, 0.6) is 0 Å². The Morgan fingerprint density at radius 1 is 1.21 bits per heavy atom. The Morgan fingerprint density at radius 3 is 2.14 bits per heavy atom. The van der Waals surface area contributed by atoms with E-state index >= 15 is 0 Å². The Hall–Kier alpha value is 0.410. The number of halogens is 2. The Balaban J connectivity index is 0. The van der Waals surface area contributed by atoms with Crippen LogP contribution >= 0.6 is 24.8 Å². The van der Waals surface area contributed by atoms with Crippen molar-refractivity contribution in [1.82, 2.24) is 0 Å². The Labute approximate surface area is 107 Å². The molecule has 0 bridgehead atoms. The van der Waals surface area contributed by atoms with Crippen LogP contribution in [0.1, 0.15) is 6.42 Å². The topological polar surface area (TPSA) is 0 Å². The summed E-state index contributed by atoms with van der Waals surface area (Å²) in [7, 11) is 0. The van der Waals surface area contributed by atoms with Crippen molar-refractivity contribution in [3.05, 3.63) is 46.9 Å². The quantitative estimate of drug-likeness (QED) is 0.472. The number of rotatable bonds is 5. The van der Waals surface area contributed by atoms with Gasteiger partial charge >= 0.3 is 83.1 Å². The van der Waals surface area contributed by atoms with Crippen LogP contribution in [-0.4, -0.2) is 0 Å². The minimum Gasteiger partial charge on any atom is -0.147 e. The molecule has 0 amide bonds. The van der Waals surface area contributed by atoms with Gasteiger partial charge in [-0.15, -0.1) is 24.8 Å². The minimum atomic E-state index is -1.45. The van der Waals surface area contributed by atoms with Crippen LogP contribution in [0, 0.1) is 0 Å². The molecule has 0 saturated heterocycles. The first-order valence-electron chi connectivity index (χ1n) is 4.31. The van der Waals surface area contributed by atoms with Gasteiger partial charge in [0.05, 0.1) is 0 Å². The number of hydrogen-bond donors (Lipinski definition) is 0. The van der Waals surface area contributed by atoms with E-state index in [0.29, 0.717) is 0 Å². The third kappa shape index (κ3) is 5.33. The van der Waals surface area contributed by atoms with Crippen molar-refractivity contribution < 1.29 is 21.4 Å². The van der Waals surface area contributed by atoms with Gasteiger partial charge in [-0.05, 0) is 0 Å². The SMILES string of the molecule is C=C[CH2][Hf]([CH2]C=C)[C]1=CC=CC1.Cl.Cl. The molecule has 1 aliphatic rings. The van der Waals surface area contributed by atoms with Gasteiger partial charge in [0, 0.05) is 0 Å². The molecule has 3 heteroatoms. The van der Waals surface area contributed by atoms with E-state index in [-0.39, 0.29) is 24.8 Å². The normalized spacial score (nSPS) is 12.1. The summed E-state index contributed by atoms with van der Waals surface area (Å²) < 4.78 is 4.30. The molecular weight excluding hydrogens is 382 g/mol. The summed E-state index contributed by atoms with van der Waals surface area (Å²) in [5.74, 6) is 0. The molecule has 0 atom stereocenters. The van der Waals surface area contributed by atoms with Crippen LogP contribution in [0.4, 0.5) is 0 Å². The molecule has 79 valence electrons. The second-order valence-corrected chi connectivity index (χ2v) is 12.5. The van der Waals surface area contributed by atoms with E-state index in [2.05, 4.69) is 43.5 Å². The molecule has 0 nitrogen and oxygen atoms in total. The van der Waals surface area contributed by atoms with Crippen molar-refractivity contribution in [3.8, 4) is 0 Å². The maximum Gasteiger partial charge on any atom is -0.147 e. The maximum atomic E-state index is 3.83. The van der Waals surface area contributed by atoms with Crippen molar-refractivity contribution in [2.75, 3.05) is 0 Å². The van der Waals surface area contributed by atoms with Crippen molar-refractivity contribution in [2.24, 2.45) is 0 Å². The van der Waals surface area contributed by atoms with Gasteiger partial charge in [0.1, 0.15) is 0 Å². The molecule has 1 rings (SSSR count). The van der Waals surface area contributed by atoms with Gasteiger partial charge in [0.2, 0.25) is 0 Å². The van der Waals surface area contributed by atoms with E-state index < -0.39 is 21.4 Å². The zero-order valence-corrected chi connectivity index (χ0v) is 13.5. The summed E-state index contributed by atoms with van der Waals surface area (Å²) in [6.45, 7) is 7.65. The summed E-state index contributed by atoms with van der Waals surface area (Å²) in [5, 5.41) is 0. The van der Waals surface area contributed by atoms with Crippen molar-refractivity contribution in [3.63, 3.8) is 0 Å². The summed E-state index contributed by atoms with van der Waals surface area (Å²) in [6, 6.07) is 0. The molecule has 14 heavy (non-hydrogen) atoms. The smallest absolute Gasteiger partial charge is 0.147 e. The van der Waals surface area contributed by atoms with Crippen LogP contribution in [0.2, 0.25) is 8.35 Å². The van der Waals surface area contributed by atoms with E-state index in [4.69, 9.17) is 0 Å². The van der Waals surface area contributed by atoms with E-state index in [1.165, 1.54) is 14.8 Å². The standard InChI is InChI=1S/C5H5.2C3H5.2ClH.Hf/c1-2-4-5-3-1;2*1-3-2;;;/h1-3H,4H2;2*3H,1-2H2;2*1H;. The van der Waals surface area contributed by atoms with E-state index in [9.17, 15) is 0 Å².